The van der Waals surface area contributed by atoms with Crippen molar-refractivity contribution in [3.63, 3.8) is 0 Å². The highest BCUT2D eigenvalue weighted by Gasteiger charge is 2.21. The van der Waals surface area contributed by atoms with E-state index in [1.165, 1.54) is 25.7 Å². The number of carbonyl (C=O) groups excluding carboxylic acids is 1. The van der Waals surface area contributed by atoms with Gasteiger partial charge in [-0.05, 0) is 6.42 Å². The number of hydrogen-bond acceptors (Lipinski definition) is 6. The standard InChI is InChI=1S/C15H31O8P/c1-2-3-4-5-6-7-8-9-10-15(17)23-14(11-21-13-16)12-22-24(18,19)20/h14,16H,2-13H2,1H3,(H2,18,19,20)/t14-/m0/s1. The van der Waals surface area contributed by atoms with Crippen LogP contribution in [0.25, 0.3) is 0 Å². The molecule has 0 saturated carbocycles. The summed E-state index contributed by atoms with van der Waals surface area (Å²) in [6, 6.07) is 0. The minimum Gasteiger partial charge on any atom is -0.457 e. The van der Waals surface area contributed by atoms with Gasteiger partial charge in [-0.1, -0.05) is 51.9 Å². The first-order chi connectivity index (χ1) is 11.4. The van der Waals surface area contributed by atoms with E-state index in [-0.39, 0.29) is 13.0 Å². The first-order valence-electron chi connectivity index (χ1n) is 8.47. The maximum absolute atomic E-state index is 11.7. The van der Waals surface area contributed by atoms with E-state index in [1.54, 1.807) is 0 Å². The molecule has 0 bridgehead atoms. The molecule has 0 spiro atoms. The predicted molar refractivity (Wildman–Crippen MR) is 88.1 cm³/mol. The Hall–Kier alpha value is -0.500. The van der Waals surface area contributed by atoms with Gasteiger partial charge < -0.3 is 24.4 Å². The molecule has 144 valence electrons. The molecule has 0 fully saturated rings. The number of hydrogen-bond donors (Lipinski definition) is 3. The smallest absolute Gasteiger partial charge is 0.457 e. The van der Waals surface area contributed by atoms with Crippen molar-refractivity contribution in [3.05, 3.63) is 0 Å². The van der Waals surface area contributed by atoms with Gasteiger partial charge in [-0.15, -0.1) is 0 Å². The lowest BCUT2D eigenvalue weighted by Crippen LogP contribution is -2.28. The van der Waals surface area contributed by atoms with Crippen LogP contribution in [0.15, 0.2) is 0 Å². The Morgan fingerprint density at radius 1 is 1.00 bits per heavy atom. The number of unbranched alkanes of at least 4 members (excludes halogenated alkanes) is 7. The van der Waals surface area contributed by atoms with Crippen LogP contribution in [0, 0.1) is 0 Å². The number of carbonyl (C=O) groups is 1. The van der Waals surface area contributed by atoms with Crippen molar-refractivity contribution in [2.45, 2.75) is 70.8 Å². The Morgan fingerprint density at radius 2 is 1.58 bits per heavy atom. The molecular weight excluding hydrogens is 339 g/mol. The zero-order chi connectivity index (χ0) is 18.3. The molecular formula is C15H31O8P. The van der Waals surface area contributed by atoms with Gasteiger partial charge in [-0.2, -0.15) is 0 Å². The second-order valence-electron chi connectivity index (χ2n) is 5.62. The second-order valence-corrected chi connectivity index (χ2v) is 6.86. The third-order valence-electron chi connectivity index (χ3n) is 3.36. The molecule has 0 aliphatic heterocycles. The average Bonchev–Trinajstić information content (AvgIpc) is 2.51. The van der Waals surface area contributed by atoms with E-state index in [2.05, 4.69) is 11.4 Å². The molecule has 0 rings (SSSR count). The van der Waals surface area contributed by atoms with Crippen molar-refractivity contribution in [1.82, 2.24) is 0 Å². The minimum atomic E-state index is -4.65. The predicted octanol–water partition coefficient (Wildman–Crippen LogP) is 2.50. The number of ether oxygens (including phenoxy) is 2. The summed E-state index contributed by atoms with van der Waals surface area (Å²) >= 11 is 0. The van der Waals surface area contributed by atoms with Crippen LogP contribution in [0.3, 0.4) is 0 Å². The van der Waals surface area contributed by atoms with Gasteiger partial charge >= 0.3 is 13.8 Å². The molecule has 0 heterocycles. The van der Waals surface area contributed by atoms with Crippen LogP contribution in [0.5, 0.6) is 0 Å². The van der Waals surface area contributed by atoms with E-state index in [4.69, 9.17) is 24.4 Å². The third kappa shape index (κ3) is 16.4. The summed E-state index contributed by atoms with van der Waals surface area (Å²) in [4.78, 5) is 29.0. The fourth-order valence-electron chi connectivity index (χ4n) is 2.13. The van der Waals surface area contributed by atoms with Crippen molar-refractivity contribution < 1.29 is 38.3 Å². The van der Waals surface area contributed by atoms with Crippen LogP contribution >= 0.6 is 7.82 Å². The molecule has 0 saturated heterocycles. The fraction of sp³-hybridized carbons (Fsp3) is 0.933. The molecule has 0 aromatic carbocycles. The summed E-state index contributed by atoms with van der Waals surface area (Å²) in [5.41, 5.74) is 0. The third-order valence-corrected chi connectivity index (χ3v) is 3.84. The van der Waals surface area contributed by atoms with E-state index >= 15 is 0 Å². The molecule has 0 aromatic heterocycles. The van der Waals surface area contributed by atoms with Gasteiger partial charge in [0, 0.05) is 6.42 Å². The molecule has 24 heavy (non-hydrogen) atoms. The average molecular weight is 370 g/mol. The zero-order valence-electron chi connectivity index (χ0n) is 14.4. The lowest BCUT2D eigenvalue weighted by Gasteiger charge is -2.17. The van der Waals surface area contributed by atoms with E-state index in [1.807, 2.05) is 0 Å². The lowest BCUT2D eigenvalue weighted by molar-refractivity contribution is -0.157. The molecule has 0 aliphatic rings. The van der Waals surface area contributed by atoms with Crippen molar-refractivity contribution >= 4 is 13.8 Å². The highest BCUT2D eigenvalue weighted by atomic mass is 31.2. The Labute approximate surface area is 143 Å². The number of esters is 1. The Morgan fingerprint density at radius 3 is 2.12 bits per heavy atom. The van der Waals surface area contributed by atoms with Gasteiger partial charge in [0.2, 0.25) is 0 Å². The van der Waals surface area contributed by atoms with Gasteiger partial charge in [0.1, 0.15) is 12.9 Å². The summed E-state index contributed by atoms with van der Waals surface area (Å²) in [5.74, 6) is -0.471. The molecule has 8 nitrogen and oxygen atoms in total. The molecule has 0 aliphatic carbocycles. The maximum atomic E-state index is 11.7. The second kappa shape index (κ2) is 14.8. The normalized spacial score (nSPS) is 13.0. The highest BCUT2D eigenvalue weighted by molar-refractivity contribution is 7.46. The van der Waals surface area contributed by atoms with Gasteiger partial charge in [0.25, 0.3) is 0 Å². The molecule has 9 heteroatoms. The monoisotopic (exact) mass is 370 g/mol. The topological polar surface area (TPSA) is 123 Å². The maximum Gasteiger partial charge on any atom is 0.469 e. The van der Waals surface area contributed by atoms with Crippen LogP contribution in [0.2, 0.25) is 0 Å². The molecule has 0 amide bonds. The SMILES string of the molecule is CCCCCCCCCCC(=O)O[C@@H](COCO)COP(=O)(O)O. The molecule has 0 aromatic rings. The molecule has 1 atom stereocenters. The first-order valence-corrected chi connectivity index (χ1v) is 10.00. The van der Waals surface area contributed by atoms with Gasteiger partial charge in [-0.3, -0.25) is 9.32 Å². The molecule has 3 N–H and O–H groups in total. The highest BCUT2D eigenvalue weighted by Crippen LogP contribution is 2.35. The Balaban J connectivity index is 3.85. The summed E-state index contributed by atoms with van der Waals surface area (Å²) < 4.78 is 24.7. The Bertz CT molecular complexity index is 357. The fourth-order valence-corrected chi connectivity index (χ4v) is 2.49. The van der Waals surface area contributed by atoms with E-state index in [0.29, 0.717) is 6.42 Å². The number of phosphoric ester groups is 1. The molecule has 0 radical (unpaired) electrons. The van der Waals surface area contributed by atoms with Crippen molar-refractivity contribution in [3.8, 4) is 0 Å². The number of aliphatic hydroxyl groups is 1. The van der Waals surface area contributed by atoms with E-state index in [9.17, 15) is 9.36 Å². The van der Waals surface area contributed by atoms with Crippen LogP contribution in [0.1, 0.15) is 64.7 Å². The summed E-state index contributed by atoms with van der Waals surface area (Å²) in [6.45, 7) is 0.907. The van der Waals surface area contributed by atoms with E-state index in [0.717, 1.165) is 19.3 Å². The van der Waals surface area contributed by atoms with Crippen molar-refractivity contribution in [2.24, 2.45) is 0 Å². The number of aliphatic hydroxyl groups excluding tert-OH is 1. The quantitative estimate of drug-likeness (QED) is 0.164. The van der Waals surface area contributed by atoms with Crippen LogP contribution in [0.4, 0.5) is 0 Å². The Kier molecular flexibility index (Phi) is 14.5. The van der Waals surface area contributed by atoms with Crippen LogP contribution in [-0.4, -0.2) is 47.0 Å². The number of phosphoric acid groups is 1. The van der Waals surface area contributed by atoms with Gasteiger partial charge in [-0.25, -0.2) is 4.57 Å². The number of rotatable bonds is 16. The van der Waals surface area contributed by atoms with Crippen LogP contribution in [-0.2, 0) is 23.4 Å². The lowest BCUT2D eigenvalue weighted by atomic mass is 10.1. The summed E-state index contributed by atoms with van der Waals surface area (Å²) in [6.07, 6.45) is 8.12. The summed E-state index contributed by atoms with van der Waals surface area (Å²) in [5, 5.41) is 8.60. The van der Waals surface area contributed by atoms with Crippen molar-refractivity contribution in [1.29, 1.82) is 0 Å². The summed E-state index contributed by atoms with van der Waals surface area (Å²) in [7, 11) is -4.65. The zero-order valence-corrected chi connectivity index (χ0v) is 15.3. The van der Waals surface area contributed by atoms with Crippen LogP contribution < -0.4 is 0 Å². The van der Waals surface area contributed by atoms with Crippen molar-refractivity contribution in [2.75, 3.05) is 20.0 Å². The molecule has 0 unspecified atom stereocenters. The van der Waals surface area contributed by atoms with Gasteiger partial charge in [0.15, 0.2) is 0 Å². The van der Waals surface area contributed by atoms with E-state index < -0.39 is 33.3 Å². The first kappa shape index (κ1) is 23.5. The van der Waals surface area contributed by atoms with Gasteiger partial charge in [0.05, 0.1) is 13.2 Å². The largest absolute Gasteiger partial charge is 0.469 e. The minimum absolute atomic E-state index is 0.195.